The second kappa shape index (κ2) is 6.96. The molecule has 2 heterocycles. The topological polar surface area (TPSA) is 122 Å². The van der Waals surface area contributed by atoms with Gasteiger partial charge >= 0.3 is 0 Å². The Balaban J connectivity index is 1.58. The lowest BCUT2D eigenvalue weighted by Gasteiger charge is -2.13. The predicted molar refractivity (Wildman–Crippen MR) is 90.8 cm³/mol. The summed E-state index contributed by atoms with van der Waals surface area (Å²) in [6, 6.07) is 6.40. The van der Waals surface area contributed by atoms with Crippen LogP contribution in [0.5, 0.6) is 0 Å². The second-order valence-corrected chi connectivity index (χ2v) is 8.06. The number of carbonyl (C=O) groups excluding carboxylic acids is 2. The Labute approximate surface area is 150 Å². The van der Waals surface area contributed by atoms with Gasteiger partial charge < -0.3 is 4.42 Å². The van der Waals surface area contributed by atoms with E-state index in [0.717, 1.165) is 4.90 Å². The summed E-state index contributed by atoms with van der Waals surface area (Å²) >= 11 is 0. The van der Waals surface area contributed by atoms with Gasteiger partial charge in [0.25, 0.3) is 11.8 Å². The van der Waals surface area contributed by atoms with Crippen LogP contribution in [-0.2, 0) is 16.6 Å². The lowest BCUT2D eigenvalue weighted by atomic mass is 10.1. The van der Waals surface area contributed by atoms with Crippen LogP contribution in [-0.4, -0.2) is 47.6 Å². The van der Waals surface area contributed by atoms with Crippen molar-refractivity contribution in [3.05, 3.63) is 47.2 Å². The first-order valence-electron chi connectivity index (χ1n) is 8.03. The van der Waals surface area contributed by atoms with Gasteiger partial charge in [-0.25, -0.2) is 13.1 Å². The van der Waals surface area contributed by atoms with Crippen LogP contribution in [0.4, 0.5) is 0 Å². The molecule has 26 heavy (non-hydrogen) atoms. The van der Waals surface area contributed by atoms with Gasteiger partial charge in [-0.3, -0.25) is 14.5 Å². The van der Waals surface area contributed by atoms with Gasteiger partial charge in [0.15, 0.2) is 0 Å². The molecule has 0 aliphatic carbocycles. The molecule has 0 fully saturated rings. The molecule has 1 aliphatic rings. The van der Waals surface area contributed by atoms with Gasteiger partial charge in [0.2, 0.25) is 21.8 Å². The number of amides is 2. The van der Waals surface area contributed by atoms with Crippen molar-refractivity contribution in [3.8, 4) is 0 Å². The van der Waals surface area contributed by atoms with E-state index in [1.54, 1.807) is 24.3 Å². The highest BCUT2D eigenvalue weighted by Crippen LogP contribution is 2.22. The zero-order valence-electron chi connectivity index (χ0n) is 14.3. The molecule has 1 N–H and O–H groups in total. The third kappa shape index (κ3) is 3.65. The van der Waals surface area contributed by atoms with Crippen molar-refractivity contribution in [1.82, 2.24) is 19.8 Å². The molecule has 9 nitrogen and oxygen atoms in total. The molecule has 0 saturated carbocycles. The van der Waals surface area contributed by atoms with E-state index >= 15 is 0 Å². The quantitative estimate of drug-likeness (QED) is 0.710. The Morgan fingerprint density at radius 1 is 1.12 bits per heavy atom. The van der Waals surface area contributed by atoms with Crippen LogP contribution in [0.1, 0.15) is 52.3 Å². The summed E-state index contributed by atoms with van der Waals surface area (Å²) in [5, 5.41) is 7.59. The summed E-state index contributed by atoms with van der Waals surface area (Å²) in [4.78, 5) is 25.4. The first-order valence-corrected chi connectivity index (χ1v) is 9.68. The molecule has 3 rings (SSSR count). The Hall–Kier alpha value is -2.59. The molecule has 0 unspecified atom stereocenters. The number of nitrogens with zero attached hydrogens (tertiary/aromatic N) is 3. The summed E-state index contributed by atoms with van der Waals surface area (Å²) in [5.74, 6) is -0.771. The molecule has 138 valence electrons. The summed E-state index contributed by atoms with van der Waals surface area (Å²) in [7, 11) is -3.74. The van der Waals surface area contributed by atoms with E-state index in [0.29, 0.717) is 5.89 Å². The summed E-state index contributed by atoms with van der Waals surface area (Å²) in [6.07, 6.45) is 0. The molecule has 1 aliphatic heterocycles. The molecule has 2 amide bonds. The number of benzene rings is 1. The minimum Gasteiger partial charge on any atom is -0.424 e. The van der Waals surface area contributed by atoms with Gasteiger partial charge in [0.05, 0.1) is 23.4 Å². The van der Waals surface area contributed by atoms with Crippen LogP contribution >= 0.6 is 0 Å². The van der Waals surface area contributed by atoms with Crippen molar-refractivity contribution >= 4 is 21.8 Å². The van der Waals surface area contributed by atoms with Crippen LogP contribution in [0.2, 0.25) is 0 Å². The molecular weight excluding hydrogens is 360 g/mol. The van der Waals surface area contributed by atoms with Gasteiger partial charge in [0.1, 0.15) is 0 Å². The number of rotatable bonds is 7. The maximum Gasteiger partial charge on any atom is 0.261 e. The maximum atomic E-state index is 12.2. The minimum absolute atomic E-state index is 0.0432. The molecule has 1 aromatic carbocycles. The number of aromatic nitrogens is 2. The first-order chi connectivity index (χ1) is 12.3. The first kappa shape index (κ1) is 18.2. The monoisotopic (exact) mass is 378 g/mol. The highest BCUT2D eigenvalue weighted by atomic mass is 32.2. The molecule has 0 saturated heterocycles. The van der Waals surface area contributed by atoms with E-state index in [9.17, 15) is 18.0 Å². The fourth-order valence-electron chi connectivity index (χ4n) is 2.47. The number of fused-ring (bicyclic) bond motifs is 1. The number of imide groups is 1. The van der Waals surface area contributed by atoms with Gasteiger partial charge in [0, 0.05) is 12.5 Å². The van der Waals surface area contributed by atoms with Crippen molar-refractivity contribution in [3.63, 3.8) is 0 Å². The third-order valence-electron chi connectivity index (χ3n) is 3.88. The van der Waals surface area contributed by atoms with Crippen LogP contribution in [0, 0.1) is 0 Å². The van der Waals surface area contributed by atoms with Crippen molar-refractivity contribution in [2.24, 2.45) is 0 Å². The van der Waals surface area contributed by atoms with Crippen LogP contribution in [0.3, 0.4) is 0 Å². The molecule has 0 atom stereocenters. The average molecular weight is 378 g/mol. The standard InChI is InChI=1S/C16H18N4O5S/c1-10(2)14-19-18-13(25-14)9-17-26(23,24)8-7-20-15(21)11-5-3-4-6-12(11)16(20)22/h3-6,10,17H,7-9H2,1-2H3. The Bertz CT molecular complexity index is 916. The van der Waals surface area contributed by atoms with Crippen molar-refractivity contribution in [2.75, 3.05) is 12.3 Å². The Morgan fingerprint density at radius 3 is 2.27 bits per heavy atom. The SMILES string of the molecule is CC(C)c1nnc(CNS(=O)(=O)CCN2C(=O)c3ccccc3C2=O)o1. The summed E-state index contributed by atoms with van der Waals surface area (Å²) < 4.78 is 31.9. The van der Waals surface area contributed by atoms with E-state index in [2.05, 4.69) is 14.9 Å². The van der Waals surface area contributed by atoms with E-state index < -0.39 is 27.6 Å². The Morgan fingerprint density at radius 2 is 1.73 bits per heavy atom. The van der Waals surface area contributed by atoms with Crippen LogP contribution < -0.4 is 4.72 Å². The lowest BCUT2D eigenvalue weighted by Crippen LogP contribution is -2.37. The second-order valence-electron chi connectivity index (χ2n) is 6.14. The lowest BCUT2D eigenvalue weighted by molar-refractivity contribution is 0.0664. The van der Waals surface area contributed by atoms with Crippen LogP contribution in [0.25, 0.3) is 0 Å². The van der Waals surface area contributed by atoms with Crippen molar-refractivity contribution < 1.29 is 22.4 Å². The zero-order chi connectivity index (χ0) is 18.9. The molecule has 0 radical (unpaired) electrons. The zero-order valence-corrected chi connectivity index (χ0v) is 15.1. The smallest absolute Gasteiger partial charge is 0.261 e. The highest BCUT2D eigenvalue weighted by Gasteiger charge is 2.35. The van der Waals surface area contributed by atoms with Crippen LogP contribution in [0.15, 0.2) is 28.7 Å². The largest absolute Gasteiger partial charge is 0.424 e. The van der Waals surface area contributed by atoms with E-state index in [-0.39, 0.29) is 36.0 Å². The van der Waals surface area contributed by atoms with Gasteiger partial charge in [-0.2, -0.15) is 0 Å². The predicted octanol–water partition coefficient (Wildman–Crippen LogP) is 0.909. The van der Waals surface area contributed by atoms with Crippen molar-refractivity contribution in [2.45, 2.75) is 26.3 Å². The maximum absolute atomic E-state index is 12.2. The Kier molecular flexibility index (Phi) is 4.88. The molecule has 10 heteroatoms. The molecular formula is C16H18N4O5S. The fourth-order valence-corrected chi connectivity index (χ4v) is 3.38. The summed E-state index contributed by atoms with van der Waals surface area (Å²) in [5.41, 5.74) is 0.574. The number of carbonyl (C=O) groups is 2. The molecule has 0 spiro atoms. The van der Waals surface area contributed by atoms with Crippen molar-refractivity contribution in [1.29, 1.82) is 0 Å². The molecule has 2 aromatic rings. The molecule has 1 aromatic heterocycles. The summed E-state index contributed by atoms with van der Waals surface area (Å²) in [6.45, 7) is 3.38. The average Bonchev–Trinajstić information content (AvgIpc) is 3.17. The number of nitrogens with one attached hydrogen (secondary N) is 1. The third-order valence-corrected chi connectivity index (χ3v) is 5.19. The van der Waals surface area contributed by atoms with E-state index in [1.165, 1.54) is 0 Å². The van der Waals surface area contributed by atoms with Gasteiger partial charge in [-0.1, -0.05) is 26.0 Å². The van der Waals surface area contributed by atoms with Gasteiger partial charge in [-0.15, -0.1) is 10.2 Å². The number of sulfonamides is 1. The fraction of sp³-hybridized carbons (Fsp3) is 0.375. The normalized spacial score (nSPS) is 14.3. The number of hydrogen-bond donors (Lipinski definition) is 1. The van der Waals surface area contributed by atoms with Gasteiger partial charge in [-0.05, 0) is 12.1 Å². The van der Waals surface area contributed by atoms with E-state index in [1.807, 2.05) is 13.8 Å². The number of hydrogen-bond acceptors (Lipinski definition) is 7. The minimum atomic E-state index is -3.74. The van der Waals surface area contributed by atoms with E-state index in [4.69, 9.17) is 4.42 Å². The molecule has 0 bridgehead atoms. The highest BCUT2D eigenvalue weighted by molar-refractivity contribution is 7.89.